The molecule has 4 nitrogen and oxygen atoms in total. The number of morpholine rings is 1. The van der Waals surface area contributed by atoms with Gasteiger partial charge in [-0.3, -0.25) is 4.90 Å². The summed E-state index contributed by atoms with van der Waals surface area (Å²) in [5.74, 6) is 1.10. The monoisotopic (exact) mass is 261 g/mol. The second-order valence-corrected chi connectivity index (χ2v) is 5.58. The highest BCUT2D eigenvalue weighted by atomic mass is 16.5. The molecule has 4 heteroatoms. The predicted molar refractivity (Wildman–Crippen MR) is 76.6 cm³/mol. The van der Waals surface area contributed by atoms with Gasteiger partial charge in [0.05, 0.1) is 13.2 Å². The molecule has 104 valence electrons. The van der Waals surface area contributed by atoms with Gasteiger partial charge < -0.3 is 9.64 Å². The zero-order valence-corrected chi connectivity index (χ0v) is 11.9. The van der Waals surface area contributed by atoms with Crippen molar-refractivity contribution in [1.82, 2.24) is 9.88 Å². The number of hydrogen-bond acceptors (Lipinski definition) is 4. The number of hydrogen-bond donors (Lipinski definition) is 0. The van der Waals surface area contributed by atoms with Gasteiger partial charge in [0.2, 0.25) is 0 Å². The lowest BCUT2D eigenvalue weighted by Gasteiger charge is -2.29. The third-order valence-electron chi connectivity index (χ3n) is 4.33. The average Bonchev–Trinajstić information content (AvgIpc) is 2.86. The molecule has 2 aliphatic rings. The molecule has 0 N–H and O–H groups in total. The maximum Gasteiger partial charge on any atom is 0.128 e. The molecule has 0 aromatic carbocycles. The zero-order valence-electron chi connectivity index (χ0n) is 11.9. The van der Waals surface area contributed by atoms with Crippen LogP contribution in [0.5, 0.6) is 0 Å². The molecular weight excluding hydrogens is 238 g/mol. The first-order chi connectivity index (χ1) is 9.25. The van der Waals surface area contributed by atoms with Crippen LogP contribution < -0.4 is 4.90 Å². The molecule has 0 amide bonds. The highest BCUT2D eigenvalue weighted by Crippen LogP contribution is 2.32. The summed E-state index contributed by atoms with van der Waals surface area (Å²) in [6.45, 7) is 6.88. The van der Waals surface area contributed by atoms with Crippen molar-refractivity contribution in [2.75, 3.05) is 44.8 Å². The van der Waals surface area contributed by atoms with Crippen molar-refractivity contribution in [3.63, 3.8) is 0 Å². The van der Waals surface area contributed by atoms with Gasteiger partial charge in [-0.2, -0.15) is 0 Å². The van der Waals surface area contributed by atoms with Crippen molar-refractivity contribution in [2.45, 2.75) is 25.8 Å². The van der Waals surface area contributed by atoms with E-state index in [9.17, 15) is 0 Å². The first kappa shape index (κ1) is 12.9. The molecule has 0 radical (unpaired) electrons. The molecule has 2 aliphatic heterocycles. The fourth-order valence-corrected chi connectivity index (χ4v) is 3.18. The summed E-state index contributed by atoms with van der Waals surface area (Å²) in [4.78, 5) is 9.58. The van der Waals surface area contributed by atoms with Crippen molar-refractivity contribution in [2.24, 2.45) is 0 Å². The van der Waals surface area contributed by atoms with Gasteiger partial charge in [-0.05, 0) is 45.0 Å². The topological polar surface area (TPSA) is 28.6 Å². The van der Waals surface area contributed by atoms with Crippen LogP contribution in [0.1, 0.15) is 30.1 Å². The number of pyridine rings is 1. The van der Waals surface area contributed by atoms with E-state index in [-0.39, 0.29) is 0 Å². The van der Waals surface area contributed by atoms with Crippen LogP contribution in [0.3, 0.4) is 0 Å². The molecule has 1 aromatic rings. The van der Waals surface area contributed by atoms with Gasteiger partial charge in [0.1, 0.15) is 5.82 Å². The molecule has 0 aliphatic carbocycles. The normalized spacial score (nSPS) is 24.9. The molecule has 0 bridgehead atoms. The Balaban J connectivity index is 1.81. The number of aromatic nitrogens is 1. The van der Waals surface area contributed by atoms with E-state index in [1.165, 1.54) is 30.6 Å². The summed E-state index contributed by atoms with van der Waals surface area (Å²) in [6, 6.07) is 5.02. The Labute approximate surface area is 115 Å². The van der Waals surface area contributed by atoms with Crippen LogP contribution in [0.4, 0.5) is 5.82 Å². The van der Waals surface area contributed by atoms with Crippen LogP contribution in [0.2, 0.25) is 0 Å². The van der Waals surface area contributed by atoms with E-state index in [4.69, 9.17) is 9.72 Å². The Kier molecular flexibility index (Phi) is 3.71. The van der Waals surface area contributed by atoms with Crippen molar-refractivity contribution in [1.29, 1.82) is 0 Å². The van der Waals surface area contributed by atoms with Crippen LogP contribution >= 0.6 is 0 Å². The van der Waals surface area contributed by atoms with Crippen LogP contribution in [0, 0.1) is 6.92 Å². The Hall–Kier alpha value is -1.13. The summed E-state index contributed by atoms with van der Waals surface area (Å²) in [5.41, 5.74) is 2.58. The van der Waals surface area contributed by atoms with Gasteiger partial charge in [-0.15, -0.1) is 0 Å². The number of anilines is 1. The summed E-state index contributed by atoms with van der Waals surface area (Å²) >= 11 is 0. The molecule has 0 spiro atoms. The highest BCUT2D eigenvalue weighted by Gasteiger charge is 2.24. The second kappa shape index (κ2) is 5.47. The summed E-state index contributed by atoms with van der Waals surface area (Å²) in [7, 11) is 2.22. The van der Waals surface area contributed by atoms with Gasteiger partial charge in [0, 0.05) is 24.8 Å². The fraction of sp³-hybridized carbons (Fsp3) is 0.667. The van der Waals surface area contributed by atoms with Gasteiger partial charge in [0.15, 0.2) is 0 Å². The summed E-state index contributed by atoms with van der Waals surface area (Å²) < 4.78 is 5.39. The van der Waals surface area contributed by atoms with Gasteiger partial charge in [-0.25, -0.2) is 4.98 Å². The van der Waals surface area contributed by atoms with Crippen LogP contribution in [0.25, 0.3) is 0 Å². The lowest BCUT2D eigenvalue weighted by atomic mass is 10.0. The summed E-state index contributed by atoms with van der Waals surface area (Å²) in [6.07, 6.45) is 2.56. The lowest BCUT2D eigenvalue weighted by Crippen LogP contribution is -2.36. The highest BCUT2D eigenvalue weighted by molar-refractivity contribution is 5.43. The minimum absolute atomic E-state index is 0.561. The molecule has 3 rings (SSSR count). The molecule has 1 aromatic heterocycles. The van der Waals surface area contributed by atoms with Crippen molar-refractivity contribution >= 4 is 5.82 Å². The van der Waals surface area contributed by atoms with E-state index in [0.29, 0.717) is 6.04 Å². The Bertz CT molecular complexity index is 443. The molecule has 0 unspecified atom stereocenters. The molecule has 2 fully saturated rings. The van der Waals surface area contributed by atoms with Crippen LogP contribution in [0.15, 0.2) is 12.1 Å². The standard InChI is InChI=1S/C15H23N3O/c1-12-13(14-4-3-7-17(14)2)5-6-15(16-12)18-8-10-19-11-9-18/h5-6,14H,3-4,7-11H2,1-2H3/t14-/m1/s1. The van der Waals surface area contributed by atoms with E-state index in [2.05, 4.69) is 35.9 Å². The average molecular weight is 261 g/mol. The van der Waals surface area contributed by atoms with Gasteiger partial charge in [-0.1, -0.05) is 6.07 Å². The van der Waals surface area contributed by atoms with E-state index >= 15 is 0 Å². The molecule has 2 saturated heterocycles. The zero-order chi connectivity index (χ0) is 13.2. The number of likely N-dealkylation sites (tertiary alicyclic amines) is 1. The van der Waals surface area contributed by atoms with Crippen molar-refractivity contribution in [3.8, 4) is 0 Å². The Morgan fingerprint density at radius 1 is 1.21 bits per heavy atom. The lowest BCUT2D eigenvalue weighted by molar-refractivity contribution is 0.122. The smallest absolute Gasteiger partial charge is 0.128 e. The Morgan fingerprint density at radius 2 is 2.00 bits per heavy atom. The van der Waals surface area contributed by atoms with Crippen LogP contribution in [-0.2, 0) is 4.74 Å². The third kappa shape index (κ3) is 2.60. The molecule has 19 heavy (non-hydrogen) atoms. The van der Waals surface area contributed by atoms with E-state index in [1.807, 2.05) is 0 Å². The van der Waals surface area contributed by atoms with Gasteiger partial charge in [0.25, 0.3) is 0 Å². The maximum absolute atomic E-state index is 5.39. The van der Waals surface area contributed by atoms with E-state index in [1.54, 1.807) is 0 Å². The number of ether oxygens (including phenoxy) is 1. The number of aryl methyl sites for hydroxylation is 1. The first-order valence-electron chi connectivity index (χ1n) is 7.26. The molecule has 3 heterocycles. The predicted octanol–water partition coefficient (Wildman–Crippen LogP) is 1.99. The fourth-order valence-electron chi connectivity index (χ4n) is 3.18. The summed E-state index contributed by atoms with van der Waals surface area (Å²) in [5, 5.41) is 0. The third-order valence-corrected chi connectivity index (χ3v) is 4.33. The molecule has 0 saturated carbocycles. The Morgan fingerprint density at radius 3 is 2.63 bits per heavy atom. The van der Waals surface area contributed by atoms with Crippen molar-refractivity contribution < 1.29 is 4.74 Å². The van der Waals surface area contributed by atoms with Gasteiger partial charge >= 0.3 is 0 Å². The van der Waals surface area contributed by atoms with Crippen LogP contribution in [-0.4, -0.2) is 49.8 Å². The minimum Gasteiger partial charge on any atom is -0.378 e. The number of nitrogens with zero attached hydrogens (tertiary/aromatic N) is 3. The molecular formula is C15H23N3O. The minimum atomic E-state index is 0.561. The van der Waals surface area contributed by atoms with E-state index < -0.39 is 0 Å². The largest absolute Gasteiger partial charge is 0.378 e. The van der Waals surface area contributed by atoms with Crippen molar-refractivity contribution in [3.05, 3.63) is 23.4 Å². The second-order valence-electron chi connectivity index (χ2n) is 5.58. The SMILES string of the molecule is Cc1nc(N2CCOCC2)ccc1[C@H]1CCCN1C. The quantitative estimate of drug-likeness (QED) is 0.814. The maximum atomic E-state index is 5.39. The first-order valence-corrected chi connectivity index (χ1v) is 7.26. The molecule has 1 atom stereocenters. The number of rotatable bonds is 2. The van der Waals surface area contributed by atoms with E-state index in [0.717, 1.165) is 32.1 Å².